The molecule has 10 atom stereocenters. The highest BCUT2D eigenvalue weighted by Gasteiger charge is 2.64. The molecule has 0 spiro atoms. The summed E-state index contributed by atoms with van der Waals surface area (Å²) >= 11 is 0. The predicted molar refractivity (Wildman–Crippen MR) is 121 cm³/mol. The van der Waals surface area contributed by atoms with E-state index in [4.69, 9.17) is 18.9 Å². The molecule has 3 rings (SSSR count). The Balaban J connectivity index is 1.59. The monoisotopic (exact) mass is 550 g/mol. The van der Waals surface area contributed by atoms with Crippen LogP contribution in [-0.2, 0) is 32.0 Å². The summed E-state index contributed by atoms with van der Waals surface area (Å²) in [5.74, 6) is 0. The Kier molecular flexibility index (Phi) is 10.5. The normalized spacial score (nSPS) is 37.5. The number of carbonyl (C=O) groups is 1. The lowest BCUT2D eigenvalue weighted by atomic mass is 9.75. The standard InChI is InChI=1S/C21H34N4O13/c1-2-4-36-20(33)22-6-10-7-25(24-23-10)3-5-35-19-16(31)17(32)21(34,12(9-27)38-19)18-15(30)14(29)13(28)11(8-26)37-18/h2,7,11-19,26-32,34H,1,3-6,8-9H2,(H,22,33)/t11-,12-,13+,14+,15-,16-,17-,18-,19-,21-/m1/s1. The molecule has 0 bridgehead atoms. The zero-order chi connectivity index (χ0) is 28.0. The second kappa shape index (κ2) is 13.2. The minimum atomic E-state index is -2.68. The maximum absolute atomic E-state index is 11.5. The van der Waals surface area contributed by atoms with Crippen LogP contribution in [0.25, 0.3) is 0 Å². The van der Waals surface area contributed by atoms with Gasteiger partial charge in [0.2, 0.25) is 0 Å². The van der Waals surface area contributed by atoms with Crippen molar-refractivity contribution in [2.45, 2.75) is 73.8 Å². The van der Waals surface area contributed by atoms with Gasteiger partial charge in [-0.2, -0.15) is 0 Å². The Morgan fingerprint density at radius 1 is 1.13 bits per heavy atom. The summed E-state index contributed by atoms with van der Waals surface area (Å²) in [7, 11) is 0. The van der Waals surface area contributed by atoms with Gasteiger partial charge in [-0.1, -0.05) is 17.9 Å². The molecule has 2 aliphatic heterocycles. The molecular formula is C21H34N4O13. The molecule has 1 aromatic heterocycles. The van der Waals surface area contributed by atoms with Crippen molar-refractivity contribution in [3.8, 4) is 0 Å². The molecule has 216 valence electrons. The fraction of sp³-hybridized carbons (Fsp3) is 0.762. The van der Waals surface area contributed by atoms with Crippen molar-refractivity contribution >= 4 is 6.09 Å². The van der Waals surface area contributed by atoms with Crippen LogP contribution in [0.3, 0.4) is 0 Å². The van der Waals surface area contributed by atoms with Crippen LogP contribution in [0.5, 0.6) is 0 Å². The Morgan fingerprint density at radius 2 is 1.87 bits per heavy atom. The average Bonchev–Trinajstić information content (AvgIpc) is 3.37. The molecule has 9 N–H and O–H groups in total. The molecule has 2 saturated heterocycles. The summed E-state index contributed by atoms with van der Waals surface area (Å²) in [4.78, 5) is 11.5. The molecule has 2 aliphatic rings. The van der Waals surface area contributed by atoms with Crippen molar-refractivity contribution in [3.05, 3.63) is 24.5 Å². The minimum Gasteiger partial charge on any atom is -0.445 e. The van der Waals surface area contributed by atoms with Gasteiger partial charge in [0.1, 0.15) is 61.1 Å². The van der Waals surface area contributed by atoms with E-state index in [1.165, 1.54) is 17.0 Å². The van der Waals surface area contributed by atoms with E-state index in [-0.39, 0.29) is 26.3 Å². The number of aliphatic hydroxyl groups is 8. The first-order valence-electron chi connectivity index (χ1n) is 11.8. The predicted octanol–water partition coefficient (Wildman–Crippen LogP) is -5.28. The van der Waals surface area contributed by atoms with Gasteiger partial charge in [0, 0.05) is 0 Å². The molecule has 0 radical (unpaired) electrons. The molecule has 1 aromatic rings. The summed E-state index contributed by atoms with van der Waals surface area (Å²) in [6.07, 6.45) is -13.9. The zero-order valence-electron chi connectivity index (χ0n) is 20.3. The number of nitrogens with zero attached hydrogens (tertiary/aromatic N) is 3. The highest BCUT2D eigenvalue weighted by molar-refractivity contribution is 5.67. The number of nitrogens with one attached hydrogen (secondary N) is 1. The van der Waals surface area contributed by atoms with Crippen molar-refractivity contribution in [1.29, 1.82) is 0 Å². The van der Waals surface area contributed by atoms with E-state index in [1.807, 2.05) is 0 Å². The lowest BCUT2D eigenvalue weighted by Gasteiger charge is -2.54. The molecule has 1 amide bonds. The Hall–Kier alpha value is -2.29. The van der Waals surface area contributed by atoms with Gasteiger partial charge in [0.05, 0.1) is 39.1 Å². The first-order chi connectivity index (χ1) is 18.1. The van der Waals surface area contributed by atoms with Crippen molar-refractivity contribution in [3.63, 3.8) is 0 Å². The van der Waals surface area contributed by atoms with Crippen LogP contribution in [0.1, 0.15) is 5.69 Å². The van der Waals surface area contributed by atoms with Crippen molar-refractivity contribution in [2.24, 2.45) is 0 Å². The van der Waals surface area contributed by atoms with Crippen molar-refractivity contribution in [2.75, 3.05) is 26.4 Å². The number of carbonyl (C=O) groups excluding carboxylic acids is 1. The van der Waals surface area contributed by atoms with Crippen LogP contribution < -0.4 is 5.32 Å². The van der Waals surface area contributed by atoms with Crippen molar-refractivity contribution < 1.29 is 64.6 Å². The molecule has 3 heterocycles. The average molecular weight is 551 g/mol. The third-order valence-corrected chi connectivity index (χ3v) is 6.34. The first kappa shape index (κ1) is 30.3. The lowest BCUT2D eigenvalue weighted by Crippen LogP contribution is -2.77. The Morgan fingerprint density at radius 3 is 2.53 bits per heavy atom. The van der Waals surface area contributed by atoms with Gasteiger partial charge < -0.3 is 65.1 Å². The maximum atomic E-state index is 11.5. The van der Waals surface area contributed by atoms with Crippen LogP contribution in [-0.4, -0.2) is 149 Å². The number of aliphatic hydroxyl groups excluding tert-OH is 7. The smallest absolute Gasteiger partial charge is 0.407 e. The number of alkyl carbamates (subject to hydrolysis) is 1. The maximum Gasteiger partial charge on any atom is 0.407 e. The van der Waals surface area contributed by atoms with E-state index >= 15 is 0 Å². The SMILES string of the molecule is C=CCOC(=O)NCc1cn(CCO[C@@H]2O[C@H](CO)[C@](O)([C@@H]3O[C@H](CO)[C@H](O)[C@H](O)[C@H]3O)[C@H](O)[C@H]2O)nn1. The lowest BCUT2D eigenvalue weighted by molar-refractivity contribution is -0.372. The van der Waals surface area contributed by atoms with Gasteiger partial charge >= 0.3 is 6.09 Å². The van der Waals surface area contributed by atoms with E-state index < -0.39 is 80.0 Å². The van der Waals surface area contributed by atoms with E-state index in [2.05, 4.69) is 22.2 Å². The number of ether oxygens (including phenoxy) is 4. The fourth-order valence-electron chi connectivity index (χ4n) is 4.27. The first-order valence-corrected chi connectivity index (χ1v) is 11.8. The molecule has 0 aliphatic carbocycles. The van der Waals surface area contributed by atoms with Gasteiger partial charge in [-0.25, -0.2) is 9.48 Å². The molecule has 0 saturated carbocycles. The molecule has 2 fully saturated rings. The highest BCUT2D eigenvalue weighted by Crippen LogP contribution is 2.39. The molecule has 38 heavy (non-hydrogen) atoms. The van der Waals surface area contributed by atoms with Crippen LogP contribution in [0, 0.1) is 0 Å². The van der Waals surface area contributed by atoms with Gasteiger partial charge in [-0.05, 0) is 0 Å². The van der Waals surface area contributed by atoms with E-state index in [0.29, 0.717) is 5.69 Å². The number of amides is 1. The molecular weight excluding hydrogens is 516 g/mol. The van der Waals surface area contributed by atoms with Crippen LogP contribution in [0.15, 0.2) is 18.9 Å². The van der Waals surface area contributed by atoms with Crippen molar-refractivity contribution in [1.82, 2.24) is 20.3 Å². The fourth-order valence-corrected chi connectivity index (χ4v) is 4.27. The van der Waals surface area contributed by atoms with E-state index in [1.54, 1.807) is 0 Å². The largest absolute Gasteiger partial charge is 0.445 e. The molecule has 17 heteroatoms. The summed E-state index contributed by atoms with van der Waals surface area (Å²) in [5.41, 5.74) is -2.27. The summed E-state index contributed by atoms with van der Waals surface area (Å²) in [5, 5.41) is 92.6. The van der Waals surface area contributed by atoms with Gasteiger partial charge in [-0.15, -0.1) is 5.10 Å². The van der Waals surface area contributed by atoms with Crippen LogP contribution in [0.2, 0.25) is 0 Å². The van der Waals surface area contributed by atoms with E-state index in [0.717, 1.165) is 0 Å². The van der Waals surface area contributed by atoms with Gasteiger partial charge in [0.15, 0.2) is 11.9 Å². The summed E-state index contributed by atoms with van der Waals surface area (Å²) < 4.78 is 22.4. The topological polar surface area (TPSA) is 259 Å². The molecule has 0 unspecified atom stereocenters. The second-order valence-corrected chi connectivity index (χ2v) is 8.83. The number of aromatic nitrogens is 3. The van der Waals surface area contributed by atoms with Gasteiger partial charge in [0.25, 0.3) is 0 Å². The summed E-state index contributed by atoms with van der Waals surface area (Å²) in [6.45, 7) is 1.76. The van der Waals surface area contributed by atoms with Crippen LogP contribution >= 0.6 is 0 Å². The van der Waals surface area contributed by atoms with E-state index in [9.17, 15) is 45.6 Å². The summed E-state index contributed by atoms with van der Waals surface area (Å²) in [6, 6.07) is 0. The highest BCUT2D eigenvalue weighted by atomic mass is 16.7. The number of hydrogen-bond donors (Lipinski definition) is 9. The Labute approximate surface area is 216 Å². The quantitative estimate of drug-likeness (QED) is 0.117. The molecule has 0 aromatic carbocycles. The third-order valence-electron chi connectivity index (χ3n) is 6.34. The van der Waals surface area contributed by atoms with Gasteiger partial charge in [-0.3, -0.25) is 0 Å². The second-order valence-electron chi connectivity index (χ2n) is 8.83. The van der Waals surface area contributed by atoms with Crippen LogP contribution in [0.4, 0.5) is 4.79 Å². The third kappa shape index (κ3) is 6.29. The molecule has 17 nitrogen and oxygen atoms in total. The minimum absolute atomic E-state index is 0.0438. The Bertz CT molecular complexity index is 915. The number of hydrogen-bond acceptors (Lipinski definition) is 15. The number of rotatable bonds is 11. The zero-order valence-corrected chi connectivity index (χ0v) is 20.3.